The van der Waals surface area contributed by atoms with Crippen molar-refractivity contribution in [1.29, 1.82) is 0 Å². The van der Waals surface area contributed by atoms with E-state index >= 15 is 0 Å². The summed E-state index contributed by atoms with van der Waals surface area (Å²) in [4.78, 5) is 87.0. The molecule has 0 saturated carbocycles. The van der Waals surface area contributed by atoms with E-state index in [1.54, 1.807) is 0 Å². The number of hydrogen-bond acceptors (Lipinski definition) is 18. The van der Waals surface area contributed by atoms with Crippen molar-refractivity contribution in [2.24, 2.45) is 5.41 Å². The van der Waals surface area contributed by atoms with Gasteiger partial charge in [-0.3, -0.25) is 32.5 Å². The fourth-order valence-electron chi connectivity index (χ4n) is 4.57. The first kappa shape index (κ1) is 46.5. The van der Waals surface area contributed by atoms with Crippen LogP contribution < -0.4 is 16.4 Å². The van der Waals surface area contributed by atoms with Crippen molar-refractivity contribution in [2.75, 3.05) is 37.8 Å². The molecule has 2 aromatic heterocycles. The van der Waals surface area contributed by atoms with Crippen LogP contribution in [0.3, 0.4) is 0 Å². The summed E-state index contributed by atoms with van der Waals surface area (Å²) in [5.74, 6) is 4.00. The molecule has 0 aliphatic carbocycles. The number of carbonyl (C=O) groups is 3. The maximum atomic E-state index is 12.7. The maximum absolute atomic E-state index is 12.7. The topological polar surface area (TPSA) is 364 Å². The van der Waals surface area contributed by atoms with Crippen LogP contribution in [0.1, 0.15) is 46.3 Å². The van der Waals surface area contributed by atoms with Crippen molar-refractivity contribution in [3.8, 4) is 11.8 Å². The first-order chi connectivity index (χ1) is 25.6. The number of ether oxygens (including phenoxy) is 1. The molecule has 1 aliphatic heterocycles. The SMILES string of the molecule is CCCC#CC(=O)SCCNC(=O)CCNC(=O)[C@H](O)C(C)(C)COP(=O)(O)OP(=O)(O)OC[C@H]1O[C@@H](n2cnc3c(N)ncnc32)[C@H](O)[C@@H]1OP(=O)(O)O. The summed E-state index contributed by atoms with van der Waals surface area (Å²) in [7, 11) is -16.4. The summed E-state index contributed by atoms with van der Waals surface area (Å²) in [6.07, 6.45) is -5.51. The number of phosphoric acid groups is 3. The third-order valence-corrected chi connectivity index (χ3v) is 11.2. The van der Waals surface area contributed by atoms with E-state index in [0.29, 0.717) is 6.42 Å². The Hall–Kier alpha value is -2.88. The van der Waals surface area contributed by atoms with Gasteiger partial charge >= 0.3 is 23.5 Å². The number of nitrogen functional groups attached to an aromatic ring is 1. The molecule has 3 rings (SSSR count). The third-order valence-electron chi connectivity index (χ3n) is 7.30. The van der Waals surface area contributed by atoms with E-state index in [1.165, 1.54) is 13.8 Å². The number of fused-ring (bicyclic) bond motifs is 1. The number of imidazole rings is 1. The lowest BCUT2D eigenvalue weighted by Gasteiger charge is -2.30. The molecule has 0 spiro atoms. The van der Waals surface area contributed by atoms with Crippen molar-refractivity contribution < 1.29 is 80.5 Å². The first-order valence-corrected chi connectivity index (χ1v) is 21.6. The number of phosphoric ester groups is 3. The average molecular weight is 862 g/mol. The zero-order chi connectivity index (χ0) is 41.2. The molecule has 1 aliphatic rings. The smallest absolute Gasteiger partial charge is 0.386 e. The van der Waals surface area contributed by atoms with Crippen LogP contribution in [0.15, 0.2) is 12.7 Å². The normalized spacial score (nSPS) is 21.5. The zero-order valence-corrected chi connectivity index (χ0v) is 33.0. The van der Waals surface area contributed by atoms with E-state index in [-0.39, 0.29) is 47.4 Å². The maximum Gasteiger partial charge on any atom is 0.481 e. The molecule has 1 saturated heterocycles. The number of nitrogens with zero attached hydrogens (tertiary/aromatic N) is 4. The second-order valence-electron chi connectivity index (χ2n) is 12.3. The minimum Gasteiger partial charge on any atom is -0.386 e. The van der Waals surface area contributed by atoms with Crippen LogP contribution >= 0.6 is 35.2 Å². The molecule has 1 fully saturated rings. The Morgan fingerprint density at radius 1 is 1.09 bits per heavy atom. The standard InChI is InChI=1S/C27H42N7O17P3S/c1-4-5-6-7-18(36)55-11-10-29-17(35)8-9-30-25(39)22(38)27(2,3)13-48-54(45,46)51-53(43,44)47-12-16-21(50-52(40,41)42)20(37)26(49-16)34-15-33-19-23(28)31-14-32-24(19)34/h14-16,20-22,26,37-38H,4-5,8-13H2,1-3H3,(H,29,35)(H,30,39)(H,43,44)(H,45,46)(H2,28,31,32)(H2,40,41,42)/t16-,20-,21-,22+,26-/m1/s1. The number of nitrogens with one attached hydrogen (secondary N) is 2. The van der Waals surface area contributed by atoms with Gasteiger partial charge in [0.05, 0.1) is 19.5 Å². The van der Waals surface area contributed by atoms with Crippen LogP contribution in [0.5, 0.6) is 0 Å². The Morgan fingerprint density at radius 2 is 1.78 bits per heavy atom. The van der Waals surface area contributed by atoms with Crippen LogP contribution in [-0.2, 0) is 50.7 Å². The second-order valence-corrected chi connectivity index (χ2v) is 17.6. The number of thioether (sulfide) groups is 1. The number of aromatic nitrogens is 4. The molecule has 55 heavy (non-hydrogen) atoms. The number of amides is 2. The fourth-order valence-corrected chi connectivity index (χ4v) is 7.93. The van der Waals surface area contributed by atoms with Crippen LogP contribution in [0.25, 0.3) is 11.2 Å². The van der Waals surface area contributed by atoms with Crippen molar-refractivity contribution in [2.45, 2.75) is 70.7 Å². The molecule has 7 atom stereocenters. The monoisotopic (exact) mass is 861 g/mol. The Bertz CT molecular complexity index is 1890. The number of unbranched alkanes of at least 4 members (excludes halogenated alkanes) is 1. The molecule has 10 N–H and O–H groups in total. The lowest BCUT2D eigenvalue weighted by atomic mass is 9.87. The summed E-state index contributed by atoms with van der Waals surface area (Å²) in [5.41, 5.74) is 4.25. The Kier molecular flexibility index (Phi) is 16.9. The predicted molar refractivity (Wildman–Crippen MR) is 190 cm³/mol. The van der Waals surface area contributed by atoms with Gasteiger partial charge in [-0.2, -0.15) is 4.31 Å². The highest BCUT2D eigenvalue weighted by Gasteiger charge is 2.50. The predicted octanol–water partition coefficient (Wildman–Crippen LogP) is -0.532. The Balaban J connectivity index is 1.50. The first-order valence-electron chi connectivity index (χ1n) is 16.1. The second kappa shape index (κ2) is 20.0. The molecule has 2 amide bonds. The van der Waals surface area contributed by atoms with E-state index in [2.05, 4.69) is 46.3 Å². The average Bonchev–Trinajstić information content (AvgIpc) is 3.64. The van der Waals surface area contributed by atoms with E-state index in [9.17, 15) is 57.9 Å². The highest BCUT2D eigenvalue weighted by Crippen LogP contribution is 2.61. The van der Waals surface area contributed by atoms with E-state index < -0.39 is 84.6 Å². The van der Waals surface area contributed by atoms with Gasteiger partial charge in [-0.05, 0) is 12.3 Å². The molecule has 28 heteroatoms. The van der Waals surface area contributed by atoms with Crippen LogP contribution in [0, 0.1) is 17.3 Å². The molecule has 0 radical (unpaired) electrons. The summed E-state index contributed by atoms with van der Waals surface area (Å²) in [6.45, 7) is 2.36. The van der Waals surface area contributed by atoms with Crippen molar-refractivity contribution in [3.05, 3.63) is 12.7 Å². The number of aliphatic hydroxyl groups excluding tert-OH is 2. The van der Waals surface area contributed by atoms with Crippen LogP contribution in [-0.4, -0.2) is 123 Å². The van der Waals surface area contributed by atoms with E-state index in [4.69, 9.17) is 19.5 Å². The number of nitrogens with two attached hydrogens (primary N) is 1. The molecule has 0 aromatic carbocycles. The number of carbonyl (C=O) groups excluding carboxylic acids is 3. The number of anilines is 1. The minimum absolute atomic E-state index is 0.0290. The lowest BCUT2D eigenvalue weighted by molar-refractivity contribution is -0.137. The van der Waals surface area contributed by atoms with Gasteiger partial charge in [-0.15, -0.1) is 0 Å². The van der Waals surface area contributed by atoms with Crippen molar-refractivity contribution in [3.63, 3.8) is 0 Å². The van der Waals surface area contributed by atoms with Gasteiger partial charge in [0.2, 0.25) is 11.8 Å². The molecule has 2 aromatic rings. The quantitative estimate of drug-likeness (QED) is 0.0459. The van der Waals surface area contributed by atoms with E-state index in [1.807, 2.05) is 6.92 Å². The number of aliphatic hydroxyl groups is 2. The Morgan fingerprint density at radius 3 is 2.45 bits per heavy atom. The lowest BCUT2D eigenvalue weighted by Crippen LogP contribution is -2.46. The zero-order valence-electron chi connectivity index (χ0n) is 29.5. The molecule has 0 bridgehead atoms. The molecule has 3 heterocycles. The highest BCUT2D eigenvalue weighted by molar-refractivity contribution is 8.14. The molecular weight excluding hydrogens is 819 g/mol. The summed E-state index contributed by atoms with van der Waals surface area (Å²) < 4.78 is 62.0. The summed E-state index contributed by atoms with van der Waals surface area (Å²) >= 11 is 0.947. The van der Waals surface area contributed by atoms with Gasteiger partial charge in [-0.1, -0.05) is 38.5 Å². The van der Waals surface area contributed by atoms with Crippen LogP contribution in [0.2, 0.25) is 0 Å². The third kappa shape index (κ3) is 14.5. The highest BCUT2D eigenvalue weighted by atomic mass is 32.2. The fraction of sp³-hybridized carbons (Fsp3) is 0.630. The van der Waals surface area contributed by atoms with Crippen molar-refractivity contribution in [1.82, 2.24) is 30.2 Å². The minimum atomic E-state index is -5.57. The Labute approximate surface area is 317 Å². The van der Waals surface area contributed by atoms with Crippen molar-refractivity contribution >= 4 is 69.1 Å². The van der Waals surface area contributed by atoms with Gasteiger partial charge in [0.25, 0.3) is 5.12 Å². The molecular formula is C27H42N7O17P3S. The largest absolute Gasteiger partial charge is 0.481 e. The molecule has 308 valence electrons. The molecule has 24 nitrogen and oxygen atoms in total. The number of rotatable bonds is 20. The number of hydrogen-bond donors (Lipinski definition) is 9. The van der Waals surface area contributed by atoms with Gasteiger partial charge in [-0.25, -0.2) is 28.6 Å². The van der Waals surface area contributed by atoms with Gasteiger partial charge in [0, 0.05) is 37.1 Å². The summed E-state index contributed by atoms with van der Waals surface area (Å²) in [6, 6.07) is 0. The van der Waals surface area contributed by atoms with Gasteiger partial charge < -0.3 is 50.9 Å². The van der Waals surface area contributed by atoms with Crippen LogP contribution in [0.4, 0.5) is 5.82 Å². The summed E-state index contributed by atoms with van der Waals surface area (Å²) in [5, 5.41) is 26.0. The molecule has 2 unspecified atom stereocenters. The van der Waals surface area contributed by atoms with Gasteiger partial charge in [0.15, 0.2) is 17.7 Å². The van der Waals surface area contributed by atoms with E-state index in [0.717, 1.165) is 35.4 Å². The van der Waals surface area contributed by atoms with Gasteiger partial charge in [0.1, 0.15) is 36.3 Å².